The van der Waals surface area contributed by atoms with E-state index in [4.69, 9.17) is 18.9 Å². The average Bonchev–Trinajstić information content (AvgIpc) is 3.54. The van der Waals surface area contributed by atoms with Gasteiger partial charge >= 0.3 is 6.09 Å². The zero-order valence-corrected chi connectivity index (χ0v) is 18.0. The molecule has 0 aromatic carbocycles. The molecule has 3 aliphatic heterocycles. The maximum absolute atomic E-state index is 12.8. The molecule has 0 aromatic heterocycles. The minimum absolute atomic E-state index is 0.000536. The Hall–Kier alpha value is -1.15. The maximum Gasteiger partial charge on any atom is 0.410 e. The van der Waals surface area contributed by atoms with Gasteiger partial charge in [-0.2, -0.15) is 0 Å². The van der Waals surface area contributed by atoms with Crippen molar-refractivity contribution in [1.82, 2.24) is 4.90 Å². The van der Waals surface area contributed by atoms with Crippen molar-refractivity contribution in [2.24, 2.45) is 11.8 Å². The molecule has 7 nitrogen and oxygen atoms in total. The zero-order chi connectivity index (χ0) is 20.8. The van der Waals surface area contributed by atoms with Crippen molar-refractivity contribution in [3.63, 3.8) is 0 Å². The number of rotatable bonds is 6. The van der Waals surface area contributed by atoms with E-state index >= 15 is 0 Å². The van der Waals surface area contributed by atoms with E-state index < -0.39 is 0 Å². The third kappa shape index (κ3) is 3.82. The molecule has 1 N–H and O–H groups in total. The van der Waals surface area contributed by atoms with Gasteiger partial charge in [0.25, 0.3) is 0 Å². The largest absolute Gasteiger partial charge is 0.443 e. The highest BCUT2D eigenvalue weighted by Gasteiger charge is 2.72. The summed E-state index contributed by atoms with van der Waals surface area (Å²) in [6, 6.07) is -0.143. The highest BCUT2D eigenvalue weighted by molar-refractivity contribution is 5.68. The lowest BCUT2D eigenvalue weighted by molar-refractivity contribution is -0.122. The number of hydrogen-bond acceptors (Lipinski definition) is 6. The van der Waals surface area contributed by atoms with Crippen molar-refractivity contribution < 1.29 is 28.8 Å². The van der Waals surface area contributed by atoms with Gasteiger partial charge in [-0.15, -0.1) is 0 Å². The third-order valence-corrected chi connectivity index (χ3v) is 7.15. The molecule has 3 saturated heterocycles. The van der Waals surface area contributed by atoms with E-state index in [-0.39, 0.29) is 54.2 Å². The molecule has 4 rings (SSSR count). The first-order valence-electron chi connectivity index (χ1n) is 11.0. The van der Waals surface area contributed by atoms with Crippen LogP contribution in [0.2, 0.25) is 0 Å². The molecule has 164 valence electrons. The lowest BCUT2D eigenvalue weighted by Gasteiger charge is -2.43. The lowest BCUT2D eigenvalue weighted by Crippen LogP contribution is -2.56. The van der Waals surface area contributed by atoms with Crippen molar-refractivity contribution in [2.75, 3.05) is 26.9 Å². The summed E-state index contributed by atoms with van der Waals surface area (Å²) in [7, 11) is 1.68. The molecule has 7 heteroatoms. The van der Waals surface area contributed by atoms with Gasteiger partial charge in [-0.05, 0) is 38.5 Å². The van der Waals surface area contributed by atoms with E-state index in [2.05, 4.69) is 32.9 Å². The fraction of sp³-hybridized carbons (Fsp3) is 0.864. The van der Waals surface area contributed by atoms with Crippen LogP contribution in [0.25, 0.3) is 0 Å². The van der Waals surface area contributed by atoms with Crippen LogP contribution in [-0.4, -0.2) is 78.5 Å². The number of hydrogen-bond donors (Lipinski definition) is 1. The van der Waals surface area contributed by atoms with Gasteiger partial charge in [-0.25, -0.2) is 4.79 Å². The standard InChI is InChI=1S/C22H35NO6/c1-14(2)7-8-17-21(3,29-17)19-18(26-4)16(9-10-22(19)13-27-22)28-20(25)23-11-5-6-15(23)12-24/h7-8,14-19,24H,5-6,9-13H2,1-4H3. The first-order chi connectivity index (χ1) is 13.8. The first kappa shape index (κ1) is 21.1. The Morgan fingerprint density at radius 3 is 2.76 bits per heavy atom. The molecule has 1 spiro atoms. The van der Waals surface area contributed by atoms with Crippen LogP contribution in [0.3, 0.4) is 0 Å². The number of ether oxygens (including phenoxy) is 4. The molecule has 4 aliphatic rings. The molecule has 0 bridgehead atoms. The molecule has 29 heavy (non-hydrogen) atoms. The second-order valence-corrected chi connectivity index (χ2v) is 9.52. The van der Waals surface area contributed by atoms with Crippen molar-refractivity contribution in [3.05, 3.63) is 12.2 Å². The number of nitrogens with zero attached hydrogens (tertiary/aromatic N) is 1. The van der Waals surface area contributed by atoms with E-state index in [1.54, 1.807) is 12.0 Å². The Balaban J connectivity index is 1.49. The molecule has 3 heterocycles. The van der Waals surface area contributed by atoms with Crippen LogP contribution in [-0.2, 0) is 18.9 Å². The van der Waals surface area contributed by atoms with Crippen molar-refractivity contribution in [2.45, 2.75) is 82.0 Å². The Bertz CT molecular complexity index is 647. The van der Waals surface area contributed by atoms with Crippen molar-refractivity contribution in [3.8, 4) is 0 Å². The summed E-state index contributed by atoms with van der Waals surface area (Å²) < 4.78 is 24.0. The number of carbonyl (C=O) groups is 1. The molecule has 1 aliphatic carbocycles. The number of aliphatic hydroxyl groups excluding tert-OH is 1. The smallest absolute Gasteiger partial charge is 0.410 e. The van der Waals surface area contributed by atoms with Gasteiger partial charge in [0.15, 0.2) is 0 Å². The first-order valence-corrected chi connectivity index (χ1v) is 11.0. The fourth-order valence-corrected chi connectivity index (χ4v) is 5.41. The SMILES string of the molecule is COC1C(OC(=O)N2CCCC2CO)CCC2(CO2)C1C1(C)OC1C=CC(C)C. The molecule has 7 unspecified atom stereocenters. The predicted molar refractivity (Wildman–Crippen MR) is 107 cm³/mol. The van der Waals surface area contributed by atoms with E-state index in [0.717, 1.165) is 19.3 Å². The van der Waals surface area contributed by atoms with Gasteiger partial charge in [0.05, 0.1) is 25.2 Å². The Morgan fingerprint density at radius 1 is 1.38 bits per heavy atom. The van der Waals surface area contributed by atoms with Crippen LogP contribution in [0.5, 0.6) is 0 Å². The van der Waals surface area contributed by atoms with E-state index in [1.807, 2.05) is 0 Å². The number of amides is 1. The minimum Gasteiger partial charge on any atom is -0.443 e. The molecular weight excluding hydrogens is 374 g/mol. The summed E-state index contributed by atoms with van der Waals surface area (Å²) in [5.41, 5.74) is -0.616. The van der Waals surface area contributed by atoms with Gasteiger partial charge < -0.3 is 29.0 Å². The topological polar surface area (TPSA) is 84.1 Å². The highest BCUT2D eigenvalue weighted by atomic mass is 16.6. The van der Waals surface area contributed by atoms with Crippen molar-refractivity contribution in [1.29, 1.82) is 0 Å². The van der Waals surface area contributed by atoms with Gasteiger partial charge in [-0.1, -0.05) is 26.0 Å². The summed E-state index contributed by atoms with van der Waals surface area (Å²) in [6.45, 7) is 7.73. The van der Waals surface area contributed by atoms with Crippen LogP contribution in [0.4, 0.5) is 4.79 Å². The van der Waals surface area contributed by atoms with Crippen LogP contribution < -0.4 is 0 Å². The summed E-state index contributed by atoms with van der Waals surface area (Å²) >= 11 is 0. The summed E-state index contributed by atoms with van der Waals surface area (Å²) in [5.74, 6) is 0.466. The molecule has 0 aromatic rings. The second-order valence-electron chi connectivity index (χ2n) is 9.52. The average molecular weight is 410 g/mol. The van der Waals surface area contributed by atoms with Crippen molar-refractivity contribution >= 4 is 6.09 Å². The van der Waals surface area contributed by atoms with E-state index in [9.17, 15) is 9.90 Å². The monoisotopic (exact) mass is 409 g/mol. The Kier molecular flexibility index (Phi) is 5.70. The number of carbonyl (C=O) groups excluding carboxylic acids is 1. The molecule has 0 radical (unpaired) electrons. The van der Waals surface area contributed by atoms with Crippen LogP contribution in [0.1, 0.15) is 46.5 Å². The predicted octanol–water partition coefficient (Wildman–Crippen LogP) is 2.51. The highest BCUT2D eigenvalue weighted by Crippen LogP contribution is 2.59. The number of aliphatic hydroxyl groups is 1. The summed E-state index contributed by atoms with van der Waals surface area (Å²) in [5, 5.41) is 9.53. The van der Waals surface area contributed by atoms with Crippen LogP contribution >= 0.6 is 0 Å². The summed E-state index contributed by atoms with van der Waals surface area (Å²) in [4.78, 5) is 14.5. The molecule has 4 fully saturated rings. The van der Waals surface area contributed by atoms with Crippen LogP contribution in [0.15, 0.2) is 12.2 Å². The quantitative estimate of drug-likeness (QED) is 0.536. The van der Waals surface area contributed by atoms with Gasteiger partial charge in [-0.3, -0.25) is 0 Å². The van der Waals surface area contributed by atoms with E-state index in [0.29, 0.717) is 25.5 Å². The number of allylic oxidation sites excluding steroid dienone is 1. The second kappa shape index (κ2) is 7.84. The third-order valence-electron chi connectivity index (χ3n) is 7.15. The summed E-state index contributed by atoms with van der Waals surface area (Å²) in [6.07, 6.45) is 6.61. The van der Waals surface area contributed by atoms with E-state index in [1.165, 1.54) is 0 Å². The number of methoxy groups -OCH3 is 1. The molecule has 1 amide bonds. The normalized spacial score (nSPS) is 44.1. The molecule has 7 atom stereocenters. The Morgan fingerprint density at radius 2 is 2.14 bits per heavy atom. The Labute approximate surface area is 173 Å². The van der Waals surface area contributed by atoms with Gasteiger partial charge in [0.1, 0.15) is 29.5 Å². The zero-order valence-electron chi connectivity index (χ0n) is 18.0. The lowest BCUT2D eigenvalue weighted by atomic mass is 9.68. The fourth-order valence-electron chi connectivity index (χ4n) is 5.41. The molecular formula is C22H35NO6. The van der Waals surface area contributed by atoms with Gasteiger partial charge in [0.2, 0.25) is 0 Å². The number of epoxide rings is 2. The minimum atomic E-state index is -0.380. The molecule has 1 saturated carbocycles. The van der Waals surface area contributed by atoms with Gasteiger partial charge in [0, 0.05) is 13.7 Å². The van der Waals surface area contributed by atoms with Crippen LogP contribution in [0, 0.1) is 11.8 Å². The maximum atomic E-state index is 12.8. The number of likely N-dealkylation sites (tertiary alicyclic amines) is 1.